The lowest BCUT2D eigenvalue weighted by molar-refractivity contribution is 0.184. The molecule has 2 atom stereocenters. The van der Waals surface area contributed by atoms with E-state index in [0.29, 0.717) is 0 Å². The van der Waals surface area contributed by atoms with Gasteiger partial charge in [-0.15, -0.1) is 0 Å². The molecule has 2 aliphatic rings. The van der Waals surface area contributed by atoms with Crippen molar-refractivity contribution in [2.24, 2.45) is 5.92 Å². The molecule has 15 heavy (non-hydrogen) atoms. The van der Waals surface area contributed by atoms with Gasteiger partial charge in [0.15, 0.2) is 0 Å². The van der Waals surface area contributed by atoms with Crippen LogP contribution in [0.3, 0.4) is 0 Å². The van der Waals surface area contributed by atoms with Crippen molar-refractivity contribution in [1.29, 1.82) is 0 Å². The maximum Gasteiger partial charge on any atom is 0.0507 e. The average molecular weight is 212 g/mol. The average Bonchev–Trinajstić information content (AvgIpc) is 2.66. The van der Waals surface area contributed by atoms with Crippen molar-refractivity contribution in [3.8, 4) is 0 Å². The van der Waals surface area contributed by atoms with Gasteiger partial charge in [0.2, 0.25) is 0 Å². The number of rotatable bonds is 3. The zero-order valence-corrected chi connectivity index (χ0v) is 9.87. The topological polar surface area (TPSA) is 24.5 Å². The summed E-state index contributed by atoms with van der Waals surface area (Å²) in [4.78, 5) is 2.44. The molecule has 0 aliphatic carbocycles. The maximum atomic E-state index is 5.39. The van der Waals surface area contributed by atoms with Gasteiger partial charge in [-0.25, -0.2) is 0 Å². The molecular formula is C12H24N2O. The summed E-state index contributed by atoms with van der Waals surface area (Å²) in [5, 5.41) is 3.72. The molecule has 2 rings (SSSR count). The lowest BCUT2D eigenvalue weighted by Crippen LogP contribution is -2.34. The molecule has 0 aromatic carbocycles. The third-order valence-corrected chi connectivity index (χ3v) is 3.67. The summed E-state index contributed by atoms with van der Waals surface area (Å²) >= 11 is 0. The highest BCUT2D eigenvalue weighted by Crippen LogP contribution is 2.13. The van der Waals surface area contributed by atoms with E-state index >= 15 is 0 Å². The van der Waals surface area contributed by atoms with Gasteiger partial charge in [0.25, 0.3) is 0 Å². The molecule has 3 nitrogen and oxygen atoms in total. The Bertz CT molecular complexity index is 180. The molecule has 0 radical (unpaired) electrons. The van der Waals surface area contributed by atoms with Crippen LogP contribution in [-0.4, -0.2) is 50.8 Å². The van der Waals surface area contributed by atoms with Crippen LogP contribution < -0.4 is 5.32 Å². The van der Waals surface area contributed by atoms with Gasteiger partial charge in [0.05, 0.1) is 6.61 Å². The number of ether oxygens (including phenoxy) is 1. The first-order chi connectivity index (χ1) is 7.34. The fourth-order valence-electron chi connectivity index (χ4n) is 2.52. The highest BCUT2D eigenvalue weighted by atomic mass is 16.5. The predicted octanol–water partition coefficient (Wildman–Crippen LogP) is 1.10. The Kier molecular flexibility index (Phi) is 4.42. The molecular weight excluding hydrogens is 188 g/mol. The molecule has 2 fully saturated rings. The van der Waals surface area contributed by atoms with Crippen molar-refractivity contribution in [3.63, 3.8) is 0 Å². The number of hydrogen-bond donors (Lipinski definition) is 1. The van der Waals surface area contributed by atoms with E-state index in [9.17, 15) is 0 Å². The van der Waals surface area contributed by atoms with E-state index in [1.165, 1.54) is 38.8 Å². The summed E-state index contributed by atoms with van der Waals surface area (Å²) in [6.07, 6.45) is 5.25. The van der Waals surface area contributed by atoms with Crippen LogP contribution >= 0.6 is 0 Å². The van der Waals surface area contributed by atoms with Crippen molar-refractivity contribution in [2.45, 2.75) is 31.7 Å². The Balaban J connectivity index is 1.64. The van der Waals surface area contributed by atoms with Crippen molar-refractivity contribution in [1.82, 2.24) is 10.2 Å². The van der Waals surface area contributed by atoms with Crippen LogP contribution in [0.2, 0.25) is 0 Å². The normalized spacial score (nSPS) is 34.2. The Morgan fingerprint density at radius 1 is 1.27 bits per heavy atom. The minimum Gasteiger partial charge on any atom is -0.381 e. The number of hydrogen-bond acceptors (Lipinski definition) is 3. The van der Waals surface area contributed by atoms with Gasteiger partial charge >= 0.3 is 0 Å². The van der Waals surface area contributed by atoms with Crippen LogP contribution in [-0.2, 0) is 4.74 Å². The molecule has 0 aromatic rings. The lowest BCUT2D eigenvalue weighted by atomic mass is 10.1. The third-order valence-electron chi connectivity index (χ3n) is 3.67. The first kappa shape index (κ1) is 11.4. The second kappa shape index (κ2) is 5.83. The number of likely N-dealkylation sites (tertiary alicyclic amines) is 1. The largest absolute Gasteiger partial charge is 0.381 e. The summed E-state index contributed by atoms with van der Waals surface area (Å²) in [7, 11) is 2.23. The molecule has 3 heteroatoms. The SMILES string of the molecule is CN1CCCC(NCC2CCOC2)CC1. The molecule has 1 N–H and O–H groups in total. The summed E-state index contributed by atoms with van der Waals surface area (Å²) in [6, 6.07) is 0.746. The molecule has 2 aliphatic heterocycles. The summed E-state index contributed by atoms with van der Waals surface area (Å²) in [5.74, 6) is 0.769. The van der Waals surface area contributed by atoms with Crippen LogP contribution in [0.25, 0.3) is 0 Å². The smallest absolute Gasteiger partial charge is 0.0507 e. The molecule has 0 aromatic heterocycles. The van der Waals surface area contributed by atoms with Crippen LogP contribution in [0.1, 0.15) is 25.7 Å². The standard InChI is InChI=1S/C12H24N2O/c1-14-6-2-3-12(4-7-14)13-9-11-5-8-15-10-11/h11-13H,2-10H2,1H3. The van der Waals surface area contributed by atoms with Gasteiger partial charge < -0.3 is 15.0 Å². The van der Waals surface area contributed by atoms with E-state index in [1.807, 2.05) is 0 Å². The minimum atomic E-state index is 0.746. The maximum absolute atomic E-state index is 5.39. The summed E-state index contributed by atoms with van der Waals surface area (Å²) in [6.45, 7) is 5.62. The van der Waals surface area contributed by atoms with Crippen LogP contribution in [0.5, 0.6) is 0 Å². The fourth-order valence-corrected chi connectivity index (χ4v) is 2.52. The van der Waals surface area contributed by atoms with E-state index in [2.05, 4.69) is 17.3 Å². The number of nitrogens with zero attached hydrogens (tertiary/aromatic N) is 1. The van der Waals surface area contributed by atoms with E-state index in [0.717, 1.165) is 31.7 Å². The quantitative estimate of drug-likeness (QED) is 0.758. The molecule has 2 saturated heterocycles. The van der Waals surface area contributed by atoms with E-state index in [-0.39, 0.29) is 0 Å². The van der Waals surface area contributed by atoms with Gasteiger partial charge in [-0.05, 0) is 51.7 Å². The Labute approximate surface area is 93.2 Å². The van der Waals surface area contributed by atoms with Crippen molar-refractivity contribution < 1.29 is 4.74 Å². The van der Waals surface area contributed by atoms with E-state index in [4.69, 9.17) is 4.74 Å². The van der Waals surface area contributed by atoms with E-state index < -0.39 is 0 Å². The molecule has 2 unspecified atom stereocenters. The van der Waals surface area contributed by atoms with Gasteiger partial charge in [0.1, 0.15) is 0 Å². The first-order valence-corrected chi connectivity index (χ1v) is 6.34. The van der Waals surface area contributed by atoms with Gasteiger partial charge in [0, 0.05) is 19.2 Å². The molecule has 2 heterocycles. The molecule has 0 spiro atoms. The minimum absolute atomic E-state index is 0.746. The highest BCUT2D eigenvalue weighted by Gasteiger charge is 2.18. The number of nitrogens with one attached hydrogen (secondary N) is 1. The molecule has 0 bridgehead atoms. The van der Waals surface area contributed by atoms with Crippen LogP contribution in [0.15, 0.2) is 0 Å². The summed E-state index contributed by atoms with van der Waals surface area (Å²) < 4.78 is 5.39. The van der Waals surface area contributed by atoms with Gasteiger partial charge in [-0.1, -0.05) is 0 Å². The predicted molar refractivity (Wildman–Crippen MR) is 62.1 cm³/mol. The van der Waals surface area contributed by atoms with Gasteiger partial charge in [-0.3, -0.25) is 0 Å². The monoisotopic (exact) mass is 212 g/mol. The lowest BCUT2D eigenvalue weighted by Gasteiger charge is -2.18. The molecule has 88 valence electrons. The Morgan fingerprint density at radius 2 is 2.20 bits per heavy atom. The zero-order valence-electron chi connectivity index (χ0n) is 9.87. The first-order valence-electron chi connectivity index (χ1n) is 6.34. The second-order valence-corrected chi connectivity index (χ2v) is 5.07. The third kappa shape index (κ3) is 3.74. The fraction of sp³-hybridized carbons (Fsp3) is 1.00. The summed E-state index contributed by atoms with van der Waals surface area (Å²) in [5.41, 5.74) is 0. The van der Waals surface area contributed by atoms with E-state index in [1.54, 1.807) is 0 Å². The van der Waals surface area contributed by atoms with Crippen LogP contribution in [0, 0.1) is 5.92 Å². The second-order valence-electron chi connectivity index (χ2n) is 5.07. The van der Waals surface area contributed by atoms with Gasteiger partial charge in [-0.2, -0.15) is 0 Å². The Hall–Kier alpha value is -0.120. The zero-order chi connectivity index (χ0) is 10.5. The van der Waals surface area contributed by atoms with Crippen LogP contribution in [0.4, 0.5) is 0 Å². The van der Waals surface area contributed by atoms with Crippen molar-refractivity contribution in [3.05, 3.63) is 0 Å². The molecule has 0 amide bonds. The Morgan fingerprint density at radius 3 is 3.00 bits per heavy atom. The van der Waals surface area contributed by atoms with Crippen molar-refractivity contribution in [2.75, 3.05) is 39.9 Å². The molecule has 0 saturated carbocycles. The highest BCUT2D eigenvalue weighted by molar-refractivity contribution is 4.76. The van der Waals surface area contributed by atoms with Crippen molar-refractivity contribution >= 4 is 0 Å².